The van der Waals surface area contributed by atoms with Gasteiger partial charge in [-0.3, -0.25) is 9.78 Å². The van der Waals surface area contributed by atoms with Gasteiger partial charge in [-0.05, 0) is 55.9 Å². The minimum atomic E-state index is -0.746. The molecule has 0 aliphatic heterocycles. The second-order valence-corrected chi connectivity index (χ2v) is 7.21. The number of benzene rings is 1. The number of fused-ring (bicyclic) bond motifs is 1. The monoisotopic (exact) mass is 356 g/mol. The van der Waals surface area contributed by atoms with E-state index >= 15 is 0 Å². The van der Waals surface area contributed by atoms with Crippen LogP contribution >= 0.6 is 0 Å². The third-order valence-corrected chi connectivity index (χ3v) is 5.20. The summed E-state index contributed by atoms with van der Waals surface area (Å²) in [7, 11) is 1.64. The van der Waals surface area contributed by atoms with Gasteiger partial charge < -0.3 is 14.8 Å². The highest BCUT2D eigenvalue weighted by molar-refractivity contribution is 6.05. The zero-order chi connectivity index (χ0) is 18.6. The molecule has 3 rings (SSSR count). The summed E-state index contributed by atoms with van der Waals surface area (Å²) in [5.74, 6) is 1.16. The van der Waals surface area contributed by atoms with Crippen molar-refractivity contribution in [2.24, 2.45) is 5.92 Å². The van der Waals surface area contributed by atoms with Gasteiger partial charge in [-0.25, -0.2) is 0 Å². The summed E-state index contributed by atoms with van der Waals surface area (Å²) < 4.78 is 11.5. The molecule has 1 aromatic heterocycles. The minimum Gasteiger partial charge on any atom is -0.491 e. The van der Waals surface area contributed by atoms with Crippen molar-refractivity contribution >= 4 is 22.5 Å². The van der Waals surface area contributed by atoms with Crippen LogP contribution in [0.1, 0.15) is 46.0 Å². The number of pyridine rings is 1. The van der Waals surface area contributed by atoms with Gasteiger partial charge in [0.05, 0.1) is 12.3 Å². The molecule has 26 heavy (non-hydrogen) atoms. The first-order valence-corrected chi connectivity index (χ1v) is 9.47. The molecule has 2 atom stereocenters. The smallest absolute Gasteiger partial charge is 0.256 e. The van der Waals surface area contributed by atoms with E-state index in [4.69, 9.17) is 9.47 Å². The van der Waals surface area contributed by atoms with Gasteiger partial charge in [0, 0.05) is 18.7 Å². The van der Waals surface area contributed by atoms with Crippen LogP contribution in [0.3, 0.4) is 0 Å². The Morgan fingerprint density at radius 3 is 2.96 bits per heavy atom. The average Bonchev–Trinajstić information content (AvgIpc) is 2.67. The van der Waals surface area contributed by atoms with Crippen molar-refractivity contribution in [1.82, 2.24) is 4.98 Å². The lowest BCUT2D eigenvalue weighted by atomic mass is 9.78. The molecule has 1 N–H and O–H groups in total. The first-order chi connectivity index (χ1) is 12.6. The van der Waals surface area contributed by atoms with E-state index in [1.165, 1.54) is 0 Å². The normalized spacial score (nSPS) is 23.0. The van der Waals surface area contributed by atoms with Crippen LogP contribution in [0.25, 0.3) is 10.9 Å². The lowest BCUT2D eigenvalue weighted by Crippen LogP contribution is -2.47. The summed E-state index contributed by atoms with van der Waals surface area (Å²) in [6.07, 6.45) is 6.34. The number of nitrogens with zero attached hydrogens (tertiary/aromatic N) is 1. The van der Waals surface area contributed by atoms with Gasteiger partial charge >= 0.3 is 0 Å². The van der Waals surface area contributed by atoms with E-state index in [1.807, 2.05) is 24.3 Å². The molecule has 2 aromatic rings. The number of ether oxygens (including phenoxy) is 2. The molecule has 1 saturated carbocycles. The van der Waals surface area contributed by atoms with Crippen LogP contribution in [0.4, 0.5) is 5.69 Å². The summed E-state index contributed by atoms with van der Waals surface area (Å²) in [5.41, 5.74) is 0.766. The molecule has 1 aromatic carbocycles. The van der Waals surface area contributed by atoms with Crippen LogP contribution in [0.5, 0.6) is 5.75 Å². The van der Waals surface area contributed by atoms with Gasteiger partial charge in [0.15, 0.2) is 0 Å². The number of nitrogens with one attached hydrogen (secondary N) is 1. The van der Waals surface area contributed by atoms with Gasteiger partial charge in [-0.15, -0.1) is 0 Å². The van der Waals surface area contributed by atoms with Crippen LogP contribution in [-0.2, 0) is 9.53 Å². The van der Waals surface area contributed by atoms with Crippen molar-refractivity contribution in [2.75, 3.05) is 19.0 Å². The zero-order valence-electron chi connectivity index (χ0n) is 15.9. The maximum absolute atomic E-state index is 13.1. The topological polar surface area (TPSA) is 60.5 Å². The summed E-state index contributed by atoms with van der Waals surface area (Å²) in [6.45, 7) is 4.89. The molecule has 0 unspecified atom stereocenters. The van der Waals surface area contributed by atoms with Crippen LogP contribution in [0.15, 0.2) is 30.5 Å². The Balaban J connectivity index is 1.90. The summed E-state index contributed by atoms with van der Waals surface area (Å²) in [4.78, 5) is 17.5. The molecular weight excluding hydrogens is 328 g/mol. The van der Waals surface area contributed by atoms with Crippen molar-refractivity contribution in [3.63, 3.8) is 0 Å². The molecular formula is C21H28N2O3. The SMILES string of the molecule is CCCOc1ccc(NC(=O)[C@@]2(OC)CCC[C@H](C)C2)c2cccnc12. The van der Waals surface area contributed by atoms with Crippen molar-refractivity contribution < 1.29 is 14.3 Å². The molecule has 0 radical (unpaired) electrons. The van der Waals surface area contributed by atoms with E-state index in [-0.39, 0.29) is 5.91 Å². The molecule has 1 aliphatic carbocycles. The van der Waals surface area contributed by atoms with Crippen LogP contribution < -0.4 is 10.1 Å². The number of anilines is 1. The molecule has 0 saturated heterocycles. The molecule has 0 bridgehead atoms. The van der Waals surface area contributed by atoms with Gasteiger partial charge in [0.1, 0.15) is 16.9 Å². The lowest BCUT2D eigenvalue weighted by molar-refractivity contribution is -0.143. The molecule has 1 aliphatic rings. The molecule has 0 spiro atoms. The van der Waals surface area contributed by atoms with E-state index in [2.05, 4.69) is 24.1 Å². The number of carbonyl (C=O) groups is 1. The second kappa shape index (κ2) is 8.04. The zero-order valence-corrected chi connectivity index (χ0v) is 15.9. The van der Waals surface area contributed by atoms with Crippen LogP contribution in [0, 0.1) is 5.92 Å². The maximum Gasteiger partial charge on any atom is 0.256 e. The fourth-order valence-corrected chi connectivity index (χ4v) is 3.81. The molecule has 1 amide bonds. The van der Waals surface area contributed by atoms with Crippen LogP contribution in [0.2, 0.25) is 0 Å². The first-order valence-electron chi connectivity index (χ1n) is 9.47. The van der Waals surface area contributed by atoms with Crippen molar-refractivity contribution in [1.29, 1.82) is 0 Å². The molecule has 140 valence electrons. The van der Waals surface area contributed by atoms with E-state index in [0.29, 0.717) is 12.5 Å². The standard InChI is InChI=1S/C21H28N2O3/c1-4-13-26-18-10-9-17(16-8-6-12-22-19(16)18)23-20(24)21(25-3)11-5-7-15(2)14-21/h6,8-10,12,15H,4-5,7,11,13-14H2,1-3H3,(H,23,24)/t15-,21+/m0/s1. The summed E-state index contributed by atoms with van der Waals surface area (Å²) >= 11 is 0. The predicted octanol–water partition coefficient (Wildman–Crippen LogP) is 4.56. The molecule has 5 nitrogen and oxygen atoms in total. The Morgan fingerprint density at radius 2 is 2.23 bits per heavy atom. The van der Waals surface area contributed by atoms with Gasteiger partial charge in [0.25, 0.3) is 5.91 Å². The number of amides is 1. The van der Waals surface area contributed by atoms with Gasteiger partial charge in [-0.2, -0.15) is 0 Å². The Hall–Kier alpha value is -2.14. The Labute approximate surface area is 155 Å². The number of hydrogen-bond donors (Lipinski definition) is 1. The van der Waals surface area contributed by atoms with E-state index in [0.717, 1.165) is 54.4 Å². The van der Waals surface area contributed by atoms with Crippen molar-refractivity contribution in [3.8, 4) is 5.75 Å². The Kier molecular flexibility index (Phi) is 5.77. The lowest BCUT2D eigenvalue weighted by Gasteiger charge is -2.37. The summed E-state index contributed by atoms with van der Waals surface area (Å²) in [5, 5.41) is 3.97. The van der Waals surface area contributed by atoms with E-state index < -0.39 is 5.60 Å². The predicted molar refractivity (Wildman–Crippen MR) is 104 cm³/mol. The fraction of sp³-hybridized carbons (Fsp3) is 0.524. The van der Waals surface area contributed by atoms with E-state index in [1.54, 1.807) is 13.3 Å². The second-order valence-electron chi connectivity index (χ2n) is 7.21. The molecule has 1 heterocycles. The fourth-order valence-electron chi connectivity index (χ4n) is 3.81. The third-order valence-electron chi connectivity index (χ3n) is 5.20. The van der Waals surface area contributed by atoms with Crippen molar-refractivity contribution in [3.05, 3.63) is 30.5 Å². The number of aromatic nitrogens is 1. The highest BCUT2D eigenvalue weighted by Gasteiger charge is 2.42. The maximum atomic E-state index is 13.1. The first kappa shape index (κ1) is 18.6. The number of methoxy groups -OCH3 is 1. The Morgan fingerprint density at radius 1 is 1.38 bits per heavy atom. The number of rotatable bonds is 6. The largest absolute Gasteiger partial charge is 0.491 e. The van der Waals surface area contributed by atoms with Crippen molar-refractivity contribution in [2.45, 2.75) is 51.6 Å². The van der Waals surface area contributed by atoms with E-state index in [9.17, 15) is 4.79 Å². The molecule has 5 heteroatoms. The summed E-state index contributed by atoms with van der Waals surface area (Å²) in [6, 6.07) is 7.60. The molecule has 1 fully saturated rings. The van der Waals surface area contributed by atoms with Gasteiger partial charge in [0.2, 0.25) is 0 Å². The minimum absolute atomic E-state index is 0.0704. The highest BCUT2D eigenvalue weighted by atomic mass is 16.5. The average molecular weight is 356 g/mol. The number of carbonyl (C=O) groups excluding carboxylic acids is 1. The van der Waals surface area contributed by atoms with Crippen LogP contribution in [-0.4, -0.2) is 30.2 Å². The van der Waals surface area contributed by atoms with Gasteiger partial charge in [-0.1, -0.05) is 20.3 Å². The third kappa shape index (κ3) is 3.68. The quantitative estimate of drug-likeness (QED) is 0.824. The Bertz CT molecular complexity index is 777. The number of hydrogen-bond acceptors (Lipinski definition) is 4. The highest BCUT2D eigenvalue weighted by Crippen LogP contribution is 2.37.